The number of hydrogen-bond donors (Lipinski definition) is 2. The van der Waals surface area contributed by atoms with Crippen LogP contribution in [-0.2, 0) is 11.2 Å². The molecule has 0 aliphatic carbocycles. The Morgan fingerprint density at radius 3 is 2.39 bits per heavy atom. The lowest BCUT2D eigenvalue weighted by Crippen LogP contribution is -2.15. The molecule has 2 aromatic heterocycles. The van der Waals surface area contributed by atoms with Crippen LogP contribution in [0.15, 0.2) is 90.1 Å². The molecule has 190 valence electrons. The van der Waals surface area contributed by atoms with Crippen molar-refractivity contribution >= 4 is 62.5 Å². The summed E-state index contributed by atoms with van der Waals surface area (Å²) in [7, 11) is 0. The lowest BCUT2D eigenvalue weighted by molar-refractivity contribution is -0.113. The molecule has 0 saturated carbocycles. The van der Waals surface area contributed by atoms with Crippen molar-refractivity contribution in [2.75, 3.05) is 16.8 Å². The molecule has 38 heavy (non-hydrogen) atoms. The Bertz CT molecular complexity index is 1600. The van der Waals surface area contributed by atoms with E-state index < -0.39 is 0 Å². The Kier molecular flexibility index (Phi) is 7.10. The number of nitrogens with one attached hydrogen (secondary N) is 1. The fourth-order valence-corrected chi connectivity index (χ4v) is 8.50. The predicted octanol–water partition coefficient (Wildman–Crippen LogP) is 7.43. The van der Waals surface area contributed by atoms with Gasteiger partial charge in [0.25, 0.3) is 0 Å². The van der Waals surface area contributed by atoms with Crippen molar-refractivity contribution in [3.63, 3.8) is 0 Å². The number of thiophene rings is 1. The second-order valence-electron chi connectivity index (χ2n) is 9.20. The number of nitrogens with two attached hydrogens (primary N) is 1. The summed E-state index contributed by atoms with van der Waals surface area (Å²) in [5.41, 5.74) is 12.3. The fourth-order valence-electron chi connectivity index (χ4n) is 4.77. The van der Waals surface area contributed by atoms with E-state index in [2.05, 4.69) is 71.0 Å². The summed E-state index contributed by atoms with van der Waals surface area (Å²) in [5.74, 6) is 0.603. The fraction of sp³-hybridized carbons (Fsp3) is 0.167. The molecule has 3 N–H and O–H groups in total. The molecule has 0 spiro atoms. The van der Waals surface area contributed by atoms with Gasteiger partial charge in [0.1, 0.15) is 10.6 Å². The average molecular weight is 555 g/mol. The minimum atomic E-state index is -0.0942. The Morgan fingerprint density at radius 1 is 0.974 bits per heavy atom. The van der Waals surface area contributed by atoms with Crippen molar-refractivity contribution < 1.29 is 4.79 Å². The topological polar surface area (TPSA) is 80.9 Å². The summed E-state index contributed by atoms with van der Waals surface area (Å²) in [6.45, 7) is 1.97. The Labute approximate surface area is 234 Å². The first kappa shape index (κ1) is 25.0. The number of nitrogens with zero attached hydrogens (tertiary/aromatic N) is 2. The van der Waals surface area contributed by atoms with E-state index in [4.69, 9.17) is 10.7 Å². The van der Waals surface area contributed by atoms with Crippen LogP contribution in [0.25, 0.3) is 10.2 Å². The highest BCUT2D eigenvalue weighted by Gasteiger charge is 2.34. The smallest absolute Gasteiger partial charge is 0.234 e. The van der Waals surface area contributed by atoms with E-state index in [-0.39, 0.29) is 16.9 Å². The van der Waals surface area contributed by atoms with Crippen LogP contribution in [0.4, 0.5) is 11.5 Å². The van der Waals surface area contributed by atoms with Crippen LogP contribution in [0.1, 0.15) is 37.6 Å². The lowest BCUT2D eigenvalue weighted by atomic mass is 9.98. The molecule has 0 radical (unpaired) electrons. The van der Waals surface area contributed by atoms with Crippen molar-refractivity contribution in [3.8, 4) is 0 Å². The summed E-state index contributed by atoms with van der Waals surface area (Å²) in [4.78, 5) is 24.3. The van der Waals surface area contributed by atoms with Crippen LogP contribution in [0.5, 0.6) is 0 Å². The van der Waals surface area contributed by atoms with E-state index in [1.54, 1.807) is 11.3 Å². The van der Waals surface area contributed by atoms with Gasteiger partial charge >= 0.3 is 0 Å². The van der Waals surface area contributed by atoms with E-state index >= 15 is 0 Å². The molecule has 5 aromatic rings. The van der Waals surface area contributed by atoms with Crippen molar-refractivity contribution in [2.45, 2.75) is 29.0 Å². The molecule has 2 atom stereocenters. The number of amides is 1. The number of aromatic nitrogens is 2. The molecule has 0 saturated heterocycles. The van der Waals surface area contributed by atoms with Crippen molar-refractivity contribution in [1.29, 1.82) is 0 Å². The van der Waals surface area contributed by atoms with Crippen molar-refractivity contribution in [1.82, 2.24) is 9.97 Å². The number of carbonyl (C=O) groups excluding carboxylic acids is 1. The van der Waals surface area contributed by atoms with Crippen LogP contribution < -0.4 is 11.1 Å². The normalized spacial score (nSPS) is 16.8. The Morgan fingerprint density at radius 2 is 1.66 bits per heavy atom. The quantitative estimate of drug-likeness (QED) is 0.168. The maximum Gasteiger partial charge on any atom is 0.234 e. The molecule has 1 aliphatic rings. The summed E-state index contributed by atoms with van der Waals surface area (Å²) in [6, 6.07) is 29.1. The maximum absolute atomic E-state index is 12.6. The second kappa shape index (κ2) is 10.8. The number of thioether (sulfide) groups is 2. The third kappa shape index (κ3) is 5.04. The number of rotatable bonds is 6. The standard InChI is InChI=1S/C30H26N4OS3/c1-18-10-8-9-15-22(18)32-24(35)17-36-30-33-28(31)25-21-16-23(19-11-4-2-5-12-19)37-26(20-13-6-3-7-14-20)27(21)38-29(25)34-30/h2-15,23,26H,16-17H2,1H3,(H,32,35)(H2,31,33,34)/t23-,26+/m1/s1. The summed E-state index contributed by atoms with van der Waals surface area (Å²) in [6.07, 6.45) is 0.881. The first-order chi connectivity index (χ1) is 18.6. The average Bonchev–Trinajstić information content (AvgIpc) is 3.32. The van der Waals surface area contributed by atoms with Crippen LogP contribution in [0, 0.1) is 6.92 Å². The van der Waals surface area contributed by atoms with Gasteiger partial charge in [-0.25, -0.2) is 9.97 Å². The van der Waals surface area contributed by atoms with Crippen LogP contribution in [0.3, 0.4) is 0 Å². The highest BCUT2D eigenvalue weighted by molar-refractivity contribution is 8.00. The third-order valence-corrected chi connectivity index (χ3v) is 10.4. The largest absolute Gasteiger partial charge is 0.383 e. The number of para-hydroxylation sites is 1. The van der Waals surface area contributed by atoms with Gasteiger partial charge in [-0.2, -0.15) is 0 Å². The van der Waals surface area contributed by atoms with E-state index in [1.165, 1.54) is 33.3 Å². The molecule has 3 heterocycles. The van der Waals surface area contributed by atoms with E-state index in [0.717, 1.165) is 27.9 Å². The van der Waals surface area contributed by atoms with Gasteiger partial charge in [-0.05, 0) is 41.7 Å². The molecule has 6 rings (SSSR count). The lowest BCUT2D eigenvalue weighted by Gasteiger charge is -2.30. The molecule has 1 aliphatic heterocycles. The Balaban J connectivity index is 1.31. The van der Waals surface area contributed by atoms with E-state index in [0.29, 0.717) is 16.2 Å². The van der Waals surface area contributed by atoms with Gasteiger partial charge in [-0.3, -0.25) is 4.79 Å². The monoisotopic (exact) mass is 554 g/mol. The molecule has 0 fully saturated rings. The molecular formula is C30H26N4OS3. The number of hydrogen-bond acceptors (Lipinski definition) is 7. The molecule has 3 aromatic carbocycles. The number of aryl methyl sites for hydroxylation is 1. The summed E-state index contributed by atoms with van der Waals surface area (Å²) < 4.78 is 0. The molecule has 0 bridgehead atoms. The van der Waals surface area contributed by atoms with Crippen LogP contribution >= 0.6 is 34.9 Å². The van der Waals surface area contributed by atoms with Crippen molar-refractivity contribution in [3.05, 3.63) is 112 Å². The third-order valence-electron chi connectivity index (χ3n) is 6.64. The van der Waals surface area contributed by atoms with Gasteiger partial charge in [0.05, 0.1) is 16.4 Å². The zero-order chi connectivity index (χ0) is 26.1. The second-order valence-corrected chi connectivity index (χ2v) is 12.5. The van der Waals surface area contributed by atoms with E-state index in [9.17, 15) is 4.79 Å². The molecule has 0 unspecified atom stereocenters. The molecule has 8 heteroatoms. The predicted molar refractivity (Wildman–Crippen MR) is 161 cm³/mol. The number of fused-ring (bicyclic) bond motifs is 3. The van der Waals surface area contributed by atoms with Gasteiger partial charge < -0.3 is 11.1 Å². The minimum absolute atomic E-state index is 0.0942. The van der Waals surface area contributed by atoms with Gasteiger partial charge in [-0.15, -0.1) is 23.1 Å². The van der Waals surface area contributed by atoms with Gasteiger partial charge in [0.2, 0.25) is 5.91 Å². The summed E-state index contributed by atoms with van der Waals surface area (Å²) in [5, 5.41) is 4.96. The van der Waals surface area contributed by atoms with Crippen LogP contribution in [-0.4, -0.2) is 21.6 Å². The number of carbonyl (C=O) groups is 1. The van der Waals surface area contributed by atoms with Crippen LogP contribution in [0.2, 0.25) is 0 Å². The zero-order valence-corrected chi connectivity index (χ0v) is 23.2. The molecule has 1 amide bonds. The highest BCUT2D eigenvalue weighted by atomic mass is 32.2. The highest BCUT2D eigenvalue weighted by Crippen LogP contribution is 2.55. The minimum Gasteiger partial charge on any atom is -0.383 e. The zero-order valence-electron chi connectivity index (χ0n) is 20.8. The van der Waals surface area contributed by atoms with Crippen molar-refractivity contribution in [2.24, 2.45) is 0 Å². The van der Waals surface area contributed by atoms with Gasteiger partial charge in [0.15, 0.2) is 5.16 Å². The Hall–Kier alpha value is -3.33. The van der Waals surface area contributed by atoms with E-state index in [1.807, 2.05) is 43.0 Å². The maximum atomic E-state index is 12.6. The first-order valence-electron chi connectivity index (χ1n) is 12.4. The summed E-state index contributed by atoms with van der Waals surface area (Å²) >= 11 is 5.00. The SMILES string of the molecule is Cc1ccccc1NC(=O)CSc1nc(N)c2c3c(sc2n1)[C@H](c1ccccc1)S[C@@H](c1ccccc1)C3. The number of benzene rings is 3. The number of anilines is 2. The number of nitrogen functional groups attached to an aromatic ring is 1. The first-order valence-corrected chi connectivity index (χ1v) is 15.1. The van der Waals surface area contributed by atoms with Gasteiger partial charge in [0, 0.05) is 15.8 Å². The molecular weight excluding hydrogens is 529 g/mol. The molecule has 5 nitrogen and oxygen atoms in total. The van der Waals surface area contributed by atoms with Gasteiger partial charge in [-0.1, -0.05) is 90.6 Å².